The third-order valence-electron chi connectivity index (χ3n) is 5.20. The molecular weight excluding hydrogens is 376 g/mol. The Balaban J connectivity index is 1.47. The van der Waals surface area contributed by atoms with Gasteiger partial charge < -0.3 is 14.2 Å². The molecular formula is C22H21ClN2O3. The predicted octanol–water partition coefficient (Wildman–Crippen LogP) is 4.58. The first-order valence-corrected chi connectivity index (χ1v) is 9.61. The summed E-state index contributed by atoms with van der Waals surface area (Å²) in [6, 6.07) is 13.3. The van der Waals surface area contributed by atoms with Gasteiger partial charge in [0.2, 0.25) is 0 Å². The Kier molecular flexibility index (Phi) is 5.09. The SMILES string of the molecule is Cc1cccc(OCC(=O)N2CCc3noc(-c4ccc(Cl)cc4)c3C2)c1C. The first-order valence-electron chi connectivity index (χ1n) is 9.23. The van der Waals surface area contributed by atoms with Gasteiger partial charge in [-0.05, 0) is 55.3 Å². The molecule has 28 heavy (non-hydrogen) atoms. The van der Waals surface area contributed by atoms with E-state index < -0.39 is 0 Å². The number of benzene rings is 2. The van der Waals surface area contributed by atoms with E-state index in [0.717, 1.165) is 33.7 Å². The number of hydrogen-bond donors (Lipinski definition) is 0. The van der Waals surface area contributed by atoms with E-state index in [1.807, 2.05) is 56.3 Å². The normalized spacial score (nSPS) is 13.3. The van der Waals surface area contributed by atoms with E-state index in [1.54, 1.807) is 4.90 Å². The summed E-state index contributed by atoms with van der Waals surface area (Å²) in [6.07, 6.45) is 0.668. The fourth-order valence-corrected chi connectivity index (χ4v) is 3.49. The van der Waals surface area contributed by atoms with Gasteiger partial charge in [0, 0.05) is 29.1 Å². The zero-order valence-electron chi connectivity index (χ0n) is 15.9. The molecule has 1 aliphatic rings. The van der Waals surface area contributed by atoms with Gasteiger partial charge in [0.05, 0.1) is 12.2 Å². The highest BCUT2D eigenvalue weighted by atomic mass is 35.5. The first kappa shape index (κ1) is 18.6. The number of fused-ring (bicyclic) bond motifs is 1. The van der Waals surface area contributed by atoms with Gasteiger partial charge in [-0.3, -0.25) is 4.79 Å². The number of hydrogen-bond acceptors (Lipinski definition) is 4. The number of rotatable bonds is 4. The number of aromatic nitrogens is 1. The molecule has 0 saturated carbocycles. The molecule has 0 N–H and O–H groups in total. The van der Waals surface area contributed by atoms with Crippen LogP contribution in [0.2, 0.25) is 5.02 Å². The van der Waals surface area contributed by atoms with Crippen molar-refractivity contribution in [2.75, 3.05) is 13.2 Å². The molecule has 0 unspecified atom stereocenters. The van der Waals surface area contributed by atoms with Crippen LogP contribution < -0.4 is 4.74 Å². The van der Waals surface area contributed by atoms with E-state index >= 15 is 0 Å². The van der Waals surface area contributed by atoms with Crippen molar-refractivity contribution in [1.82, 2.24) is 10.1 Å². The van der Waals surface area contributed by atoms with Crippen LogP contribution in [0.3, 0.4) is 0 Å². The Morgan fingerprint density at radius 1 is 1.21 bits per heavy atom. The van der Waals surface area contributed by atoms with E-state index in [9.17, 15) is 4.79 Å². The second kappa shape index (κ2) is 7.68. The molecule has 3 aromatic rings. The Bertz CT molecular complexity index is 1010. The summed E-state index contributed by atoms with van der Waals surface area (Å²) in [5.74, 6) is 1.40. The molecule has 2 aromatic carbocycles. The molecule has 6 heteroatoms. The van der Waals surface area contributed by atoms with Gasteiger partial charge in [-0.2, -0.15) is 0 Å². The Morgan fingerprint density at radius 2 is 2.00 bits per heavy atom. The molecule has 4 rings (SSSR count). The molecule has 5 nitrogen and oxygen atoms in total. The van der Waals surface area contributed by atoms with Gasteiger partial charge >= 0.3 is 0 Å². The quantitative estimate of drug-likeness (QED) is 0.648. The molecule has 144 valence electrons. The molecule has 0 radical (unpaired) electrons. The summed E-state index contributed by atoms with van der Waals surface area (Å²) in [5, 5.41) is 4.85. The van der Waals surface area contributed by atoms with Crippen LogP contribution >= 0.6 is 11.6 Å². The van der Waals surface area contributed by atoms with Crippen molar-refractivity contribution in [3.05, 3.63) is 69.9 Å². The summed E-state index contributed by atoms with van der Waals surface area (Å²) >= 11 is 5.97. The van der Waals surface area contributed by atoms with Crippen molar-refractivity contribution < 1.29 is 14.1 Å². The lowest BCUT2D eigenvalue weighted by Crippen LogP contribution is -2.38. The molecule has 2 heterocycles. The molecule has 1 amide bonds. The van der Waals surface area contributed by atoms with Gasteiger partial charge in [0.1, 0.15) is 5.75 Å². The van der Waals surface area contributed by atoms with Crippen molar-refractivity contribution in [1.29, 1.82) is 0 Å². The van der Waals surface area contributed by atoms with Gasteiger partial charge in [-0.15, -0.1) is 0 Å². The van der Waals surface area contributed by atoms with Gasteiger partial charge in [-0.25, -0.2) is 0 Å². The van der Waals surface area contributed by atoms with Crippen molar-refractivity contribution >= 4 is 17.5 Å². The third-order valence-corrected chi connectivity index (χ3v) is 5.45. The van der Waals surface area contributed by atoms with Crippen LogP contribution in [0, 0.1) is 13.8 Å². The van der Waals surface area contributed by atoms with E-state index in [-0.39, 0.29) is 12.5 Å². The highest BCUT2D eigenvalue weighted by Gasteiger charge is 2.27. The Morgan fingerprint density at radius 3 is 2.79 bits per heavy atom. The fraction of sp³-hybridized carbons (Fsp3) is 0.273. The minimum atomic E-state index is -0.0465. The van der Waals surface area contributed by atoms with E-state index in [2.05, 4.69) is 5.16 Å². The van der Waals surface area contributed by atoms with E-state index in [0.29, 0.717) is 30.3 Å². The Labute approximate surface area is 168 Å². The molecule has 1 aromatic heterocycles. The third kappa shape index (κ3) is 3.62. The smallest absolute Gasteiger partial charge is 0.260 e. The minimum Gasteiger partial charge on any atom is -0.483 e. The molecule has 0 spiro atoms. The number of halogens is 1. The summed E-state index contributed by atoms with van der Waals surface area (Å²) in [4.78, 5) is 14.5. The van der Waals surface area contributed by atoms with Crippen molar-refractivity contribution in [2.45, 2.75) is 26.8 Å². The van der Waals surface area contributed by atoms with Crippen molar-refractivity contribution in [3.8, 4) is 17.1 Å². The van der Waals surface area contributed by atoms with Crippen molar-refractivity contribution in [3.63, 3.8) is 0 Å². The zero-order chi connectivity index (χ0) is 19.7. The second-order valence-corrected chi connectivity index (χ2v) is 7.43. The number of aryl methyl sites for hydroxylation is 1. The molecule has 0 saturated heterocycles. The highest BCUT2D eigenvalue weighted by Crippen LogP contribution is 2.31. The van der Waals surface area contributed by atoms with E-state index in [1.165, 1.54) is 0 Å². The monoisotopic (exact) mass is 396 g/mol. The van der Waals surface area contributed by atoms with Crippen LogP contribution in [0.15, 0.2) is 47.0 Å². The van der Waals surface area contributed by atoms with Crippen LogP contribution in [0.25, 0.3) is 11.3 Å². The molecule has 0 atom stereocenters. The van der Waals surface area contributed by atoms with Crippen LogP contribution in [-0.2, 0) is 17.8 Å². The summed E-state index contributed by atoms with van der Waals surface area (Å²) in [6.45, 7) is 5.11. The molecule has 0 bridgehead atoms. The number of nitrogens with zero attached hydrogens (tertiary/aromatic N) is 2. The maximum absolute atomic E-state index is 12.7. The molecule has 0 fully saturated rings. The van der Waals surface area contributed by atoms with Crippen LogP contribution in [0.1, 0.15) is 22.4 Å². The van der Waals surface area contributed by atoms with Crippen LogP contribution in [0.5, 0.6) is 5.75 Å². The van der Waals surface area contributed by atoms with Gasteiger partial charge in [0.25, 0.3) is 5.91 Å². The summed E-state index contributed by atoms with van der Waals surface area (Å²) in [5.41, 5.74) is 4.96. The van der Waals surface area contributed by atoms with Crippen LogP contribution in [0.4, 0.5) is 0 Å². The summed E-state index contributed by atoms with van der Waals surface area (Å²) in [7, 11) is 0. The maximum Gasteiger partial charge on any atom is 0.260 e. The molecule has 0 aliphatic carbocycles. The van der Waals surface area contributed by atoms with Crippen molar-refractivity contribution in [2.24, 2.45) is 0 Å². The average Bonchev–Trinajstić information content (AvgIpc) is 3.12. The topological polar surface area (TPSA) is 55.6 Å². The first-order chi connectivity index (χ1) is 13.5. The van der Waals surface area contributed by atoms with E-state index in [4.69, 9.17) is 20.9 Å². The zero-order valence-corrected chi connectivity index (χ0v) is 16.6. The van der Waals surface area contributed by atoms with Crippen LogP contribution in [-0.4, -0.2) is 29.1 Å². The highest BCUT2D eigenvalue weighted by molar-refractivity contribution is 6.30. The number of amides is 1. The minimum absolute atomic E-state index is 0.0151. The number of ether oxygens (including phenoxy) is 1. The lowest BCUT2D eigenvalue weighted by Gasteiger charge is -2.26. The van der Waals surface area contributed by atoms with Gasteiger partial charge in [-0.1, -0.05) is 28.9 Å². The Hall–Kier alpha value is -2.79. The predicted molar refractivity (Wildman–Crippen MR) is 107 cm³/mol. The standard InChI is InChI=1S/C22H21ClN2O3/c1-14-4-3-5-20(15(14)2)27-13-21(26)25-11-10-19-18(12-25)22(28-24-19)16-6-8-17(23)9-7-16/h3-9H,10-13H2,1-2H3. The summed E-state index contributed by atoms with van der Waals surface area (Å²) < 4.78 is 11.4. The lowest BCUT2D eigenvalue weighted by atomic mass is 10.0. The lowest BCUT2D eigenvalue weighted by molar-refractivity contribution is -0.134. The number of carbonyl (C=O) groups is 1. The molecule has 1 aliphatic heterocycles. The number of carbonyl (C=O) groups excluding carboxylic acids is 1. The fourth-order valence-electron chi connectivity index (χ4n) is 3.36. The maximum atomic E-state index is 12.7. The van der Waals surface area contributed by atoms with Gasteiger partial charge in [0.15, 0.2) is 12.4 Å². The second-order valence-electron chi connectivity index (χ2n) is 7.00. The average molecular weight is 397 g/mol. The largest absolute Gasteiger partial charge is 0.483 e.